The highest BCUT2D eigenvalue weighted by Gasteiger charge is 2.49. The number of pyridine rings is 1. The molecule has 3 unspecified atom stereocenters. The van der Waals surface area contributed by atoms with Crippen LogP contribution >= 0.6 is 7.75 Å². The summed E-state index contributed by atoms with van der Waals surface area (Å²) in [6.45, 7) is 3.03. The third kappa shape index (κ3) is 6.50. The number of nitrogens with two attached hydrogens (primary N) is 1. The largest absolute Gasteiger partial charge is 0.461 e. The van der Waals surface area contributed by atoms with Gasteiger partial charge in [-0.2, -0.15) is 5.09 Å². The number of aliphatic hydroxyl groups is 2. The lowest BCUT2D eigenvalue weighted by atomic mass is 9.98. The molecule has 240 valence electrons. The highest BCUT2D eigenvalue weighted by atomic mass is 31.2. The second kappa shape index (κ2) is 12.9. The van der Waals surface area contributed by atoms with Gasteiger partial charge in [-0.3, -0.25) is 18.9 Å². The fourth-order valence-electron chi connectivity index (χ4n) is 5.74. The first-order valence-corrected chi connectivity index (χ1v) is 16.4. The quantitative estimate of drug-likeness (QED) is 0.145. The average molecular weight is 642 g/mol. The Morgan fingerprint density at radius 2 is 1.89 bits per heavy atom. The predicted octanol–water partition coefficient (Wildman–Crippen LogP) is 3.02. The number of hydrogen-bond donors (Lipinski definition) is 4. The SMILES string of the molecule is CC(NP(=O)(Oc1cccc2ncccc12)OC(C)[C@H]1O[C@@H](n2cnc3c(N)ncnc32)[C@H](O)[C@@H]1O)C(=O)OC1CCCCC1. The molecule has 1 aliphatic heterocycles. The molecule has 5 N–H and O–H groups in total. The number of aromatic nitrogens is 5. The molecule has 0 bridgehead atoms. The van der Waals surface area contributed by atoms with Crippen LogP contribution < -0.4 is 15.3 Å². The molecule has 7 atom stereocenters. The minimum absolute atomic E-state index is 0.143. The molecule has 15 nitrogen and oxygen atoms in total. The number of aliphatic hydroxyl groups excluding tert-OH is 2. The zero-order valence-electron chi connectivity index (χ0n) is 24.8. The molecule has 0 radical (unpaired) electrons. The number of fused-ring (bicyclic) bond motifs is 2. The molecular weight excluding hydrogens is 605 g/mol. The summed E-state index contributed by atoms with van der Waals surface area (Å²) in [5.41, 5.74) is 7.08. The highest BCUT2D eigenvalue weighted by Crippen LogP contribution is 2.49. The van der Waals surface area contributed by atoms with Crippen molar-refractivity contribution in [3.63, 3.8) is 0 Å². The Morgan fingerprint density at radius 1 is 1.09 bits per heavy atom. The second-order valence-electron chi connectivity index (χ2n) is 11.3. The molecule has 4 aromatic rings. The van der Waals surface area contributed by atoms with E-state index in [1.165, 1.54) is 31.1 Å². The number of nitrogens with zero attached hydrogens (tertiary/aromatic N) is 5. The Hall–Kier alpha value is -3.72. The first-order chi connectivity index (χ1) is 21.6. The first kappa shape index (κ1) is 31.3. The number of carbonyl (C=O) groups is 1. The van der Waals surface area contributed by atoms with E-state index in [2.05, 4.69) is 25.0 Å². The van der Waals surface area contributed by atoms with Gasteiger partial charge in [0, 0.05) is 11.6 Å². The van der Waals surface area contributed by atoms with Gasteiger partial charge < -0.3 is 29.9 Å². The van der Waals surface area contributed by atoms with Crippen LogP contribution in [0.15, 0.2) is 49.2 Å². The van der Waals surface area contributed by atoms with E-state index in [0.717, 1.165) is 32.1 Å². The molecule has 1 saturated heterocycles. The van der Waals surface area contributed by atoms with E-state index in [4.69, 9.17) is 24.3 Å². The van der Waals surface area contributed by atoms with Gasteiger partial charge in [-0.1, -0.05) is 12.5 Å². The standard InChI is InChI=1S/C29H36N7O8P/c1-16(29(39)41-18-8-4-3-5-9-18)35-45(40,44-21-12-6-11-20-19(21)10-7-13-31-20)43-17(2)25-23(37)24(38)28(42-25)36-15-34-22-26(30)32-14-33-27(22)36/h6-7,10-18,23-25,28,37-38H,3-5,8-9H2,1-2H3,(H,35,40)(H2,30,32,33)/t16?,17?,23-,24+,25+,28+,45?/m0/s1. The minimum atomic E-state index is -4.40. The van der Waals surface area contributed by atoms with Gasteiger partial charge in [0.25, 0.3) is 0 Å². The molecule has 3 aromatic heterocycles. The lowest BCUT2D eigenvalue weighted by molar-refractivity contribution is -0.152. The number of imidazole rings is 1. The molecule has 2 aliphatic rings. The molecule has 1 aromatic carbocycles. The van der Waals surface area contributed by atoms with Crippen molar-refractivity contribution in [1.29, 1.82) is 0 Å². The monoisotopic (exact) mass is 641 g/mol. The zero-order valence-corrected chi connectivity index (χ0v) is 25.7. The summed E-state index contributed by atoms with van der Waals surface area (Å²) < 4.78 is 39.7. The van der Waals surface area contributed by atoms with E-state index in [1.54, 1.807) is 36.5 Å². The van der Waals surface area contributed by atoms with E-state index >= 15 is 0 Å². The number of carbonyl (C=O) groups excluding carboxylic acids is 1. The van der Waals surface area contributed by atoms with Crippen LogP contribution in [0.5, 0.6) is 5.75 Å². The smallest absolute Gasteiger partial charge is 0.459 e. The highest BCUT2D eigenvalue weighted by molar-refractivity contribution is 7.52. The molecule has 1 aliphatic carbocycles. The molecular formula is C29H36N7O8P. The minimum Gasteiger partial charge on any atom is -0.461 e. The predicted molar refractivity (Wildman–Crippen MR) is 162 cm³/mol. The second-order valence-corrected chi connectivity index (χ2v) is 13.0. The summed E-state index contributed by atoms with van der Waals surface area (Å²) in [5, 5.41) is 25.3. The summed E-state index contributed by atoms with van der Waals surface area (Å²) in [6.07, 6.45) is 2.29. The molecule has 6 rings (SSSR count). The Balaban J connectivity index is 1.24. The molecule has 2 fully saturated rings. The van der Waals surface area contributed by atoms with Crippen molar-refractivity contribution in [2.45, 2.75) is 88.7 Å². The Labute approximate surface area is 258 Å². The Kier molecular flexibility index (Phi) is 9.00. The summed E-state index contributed by atoms with van der Waals surface area (Å²) >= 11 is 0. The van der Waals surface area contributed by atoms with Crippen LogP contribution in [0.4, 0.5) is 5.82 Å². The summed E-state index contributed by atoms with van der Waals surface area (Å²) in [7, 11) is -4.40. The number of benzene rings is 1. The van der Waals surface area contributed by atoms with E-state index < -0.39 is 50.4 Å². The summed E-state index contributed by atoms with van der Waals surface area (Å²) in [5.74, 6) is -0.254. The van der Waals surface area contributed by atoms with Crippen molar-refractivity contribution in [1.82, 2.24) is 29.6 Å². The van der Waals surface area contributed by atoms with Gasteiger partial charge in [0.1, 0.15) is 48.1 Å². The average Bonchev–Trinajstić information content (AvgIpc) is 3.59. The van der Waals surface area contributed by atoms with Crippen molar-refractivity contribution < 1.29 is 38.1 Å². The normalized spacial score (nSPS) is 25.2. The number of nitrogens with one attached hydrogen (secondary N) is 1. The maximum atomic E-state index is 14.5. The van der Waals surface area contributed by atoms with Crippen LogP contribution in [0.25, 0.3) is 22.1 Å². The van der Waals surface area contributed by atoms with Crippen LogP contribution in [-0.4, -0.2) is 77.2 Å². The fourth-order valence-corrected chi connectivity index (χ4v) is 7.45. The summed E-state index contributed by atoms with van der Waals surface area (Å²) in [4.78, 5) is 29.7. The zero-order chi connectivity index (χ0) is 31.7. The van der Waals surface area contributed by atoms with E-state index in [0.29, 0.717) is 22.1 Å². The third-order valence-electron chi connectivity index (χ3n) is 8.07. The number of nitrogen functional groups attached to an aromatic ring is 1. The molecule has 1 saturated carbocycles. The van der Waals surface area contributed by atoms with Crippen LogP contribution in [0.1, 0.15) is 52.2 Å². The van der Waals surface area contributed by atoms with Gasteiger partial charge in [0.15, 0.2) is 17.7 Å². The van der Waals surface area contributed by atoms with Crippen LogP contribution in [0, 0.1) is 0 Å². The number of rotatable bonds is 10. The Morgan fingerprint density at radius 3 is 2.69 bits per heavy atom. The van der Waals surface area contributed by atoms with Crippen LogP contribution in [0.2, 0.25) is 0 Å². The summed E-state index contributed by atoms with van der Waals surface area (Å²) in [6, 6.07) is 7.46. The first-order valence-electron chi connectivity index (χ1n) is 14.9. The molecule has 16 heteroatoms. The van der Waals surface area contributed by atoms with Crippen molar-refractivity contribution in [2.75, 3.05) is 5.73 Å². The number of anilines is 1. The molecule has 4 heterocycles. The maximum absolute atomic E-state index is 14.5. The third-order valence-corrected chi connectivity index (χ3v) is 9.82. The number of esters is 1. The van der Waals surface area contributed by atoms with Gasteiger partial charge >= 0.3 is 13.7 Å². The van der Waals surface area contributed by atoms with Crippen LogP contribution in [0.3, 0.4) is 0 Å². The lowest BCUT2D eigenvalue weighted by Gasteiger charge is -2.29. The molecule has 0 spiro atoms. The van der Waals surface area contributed by atoms with Gasteiger partial charge in [0.05, 0.1) is 17.9 Å². The van der Waals surface area contributed by atoms with Crippen LogP contribution in [-0.2, 0) is 23.4 Å². The van der Waals surface area contributed by atoms with Gasteiger partial charge in [-0.15, -0.1) is 0 Å². The van der Waals surface area contributed by atoms with E-state index in [1.807, 2.05) is 0 Å². The number of ether oxygens (including phenoxy) is 2. The van der Waals surface area contributed by atoms with E-state index in [-0.39, 0.29) is 17.7 Å². The molecule has 0 amide bonds. The molecule has 45 heavy (non-hydrogen) atoms. The van der Waals surface area contributed by atoms with Gasteiger partial charge in [-0.05, 0) is 63.8 Å². The maximum Gasteiger partial charge on any atom is 0.459 e. The van der Waals surface area contributed by atoms with Crippen molar-refractivity contribution in [3.05, 3.63) is 49.2 Å². The van der Waals surface area contributed by atoms with Crippen molar-refractivity contribution >= 4 is 41.6 Å². The topological polar surface area (TPSA) is 206 Å². The fraction of sp³-hybridized carbons (Fsp3) is 0.483. The van der Waals surface area contributed by atoms with Crippen molar-refractivity contribution in [3.8, 4) is 5.75 Å². The van der Waals surface area contributed by atoms with Crippen molar-refractivity contribution in [2.24, 2.45) is 0 Å². The van der Waals surface area contributed by atoms with Gasteiger partial charge in [0.2, 0.25) is 0 Å². The van der Waals surface area contributed by atoms with E-state index in [9.17, 15) is 19.6 Å². The number of hydrogen-bond acceptors (Lipinski definition) is 13. The lowest BCUT2D eigenvalue weighted by Crippen LogP contribution is -2.41. The van der Waals surface area contributed by atoms with Gasteiger partial charge in [-0.25, -0.2) is 19.5 Å². The Bertz CT molecular complexity index is 1710.